The molecule has 0 fully saturated rings. The Labute approximate surface area is 196 Å². The average Bonchev–Trinajstić information content (AvgIpc) is 3.06. The number of aromatic nitrogens is 1. The van der Waals surface area contributed by atoms with Crippen LogP contribution in [0.25, 0.3) is 10.9 Å². The molecule has 0 radical (unpaired) electrons. The molecule has 1 aromatic heterocycles. The monoisotopic (exact) mass is 458 g/mol. The lowest BCUT2D eigenvalue weighted by Crippen LogP contribution is -2.17. The van der Waals surface area contributed by atoms with Crippen molar-refractivity contribution in [1.29, 1.82) is 0 Å². The van der Waals surface area contributed by atoms with E-state index in [0.29, 0.717) is 22.8 Å². The molecule has 0 unspecified atom stereocenters. The third-order valence-electron chi connectivity index (χ3n) is 5.36. The number of hydrogen-bond donors (Lipinski definition) is 2. The summed E-state index contributed by atoms with van der Waals surface area (Å²) in [5, 5.41) is 8.65. The van der Waals surface area contributed by atoms with Crippen molar-refractivity contribution in [2.24, 2.45) is 5.10 Å². The normalized spacial score (nSPS) is 11.1. The molecule has 1 heterocycles. The standard InChI is InChI=1S/C26H23ClN4O2/c1-17-24(15-28-30-26(33)20-9-13-22(14-10-20)29-18(2)32)23-5-3-4-6-25(23)31(17)16-19-7-11-21(27)12-8-19/h3-15H,16H2,1-2H3,(H,29,32)(H,30,33)/b28-15-. The van der Waals surface area contributed by atoms with Crippen LogP contribution >= 0.6 is 11.6 Å². The first-order valence-corrected chi connectivity index (χ1v) is 10.8. The molecule has 0 aliphatic heterocycles. The molecule has 6 nitrogen and oxygen atoms in total. The summed E-state index contributed by atoms with van der Waals surface area (Å²) in [5.41, 5.74) is 7.88. The summed E-state index contributed by atoms with van der Waals surface area (Å²) < 4.78 is 2.22. The molecule has 3 aromatic carbocycles. The van der Waals surface area contributed by atoms with Gasteiger partial charge in [-0.25, -0.2) is 5.43 Å². The first-order valence-electron chi connectivity index (χ1n) is 10.5. The summed E-state index contributed by atoms with van der Waals surface area (Å²) in [6.07, 6.45) is 1.68. The predicted octanol–water partition coefficient (Wildman–Crippen LogP) is 5.37. The number of hydrazone groups is 1. The van der Waals surface area contributed by atoms with Crippen molar-refractivity contribution in [3.63, 3.8) is 0 Å². The molecular formula is C26H23ClN4O2. The van der Waals surface area contributed by atoms with Crippen molar-refractivity contribution >= 4 is 46.2 Å². The number of para-hydroxylation sites is 1. The summed E-state index contributed by atoms with van der Waals surface area (Å²) in [5.74, 6) is -0.495. The lowest BCUT2D eigenvalue weighted by Gasteiger charge is -2.09. The van der Waals surface area contributed by atoms with E-state index in [9.17, 15) is 9.59 Å². The van der Waals surface area contributed by atoms with Crippen LogP contribution in [0.2, 0.25) is 5.02 Å². The zero-order valence-corrected chi connectivity index (χ0v) is 19.1. The Hall–Kier alpha value is -3.90. The SMILES string of the molecule is CC(=O)Nc1ccc(C(=O)N/N=C\c2c(C)n(Cc3ccc(Cl)cc3)c3ccccc23)cc1. The molecular weight excluding hydrogens is 436 g/mol. The Morgan fingerprint density at radius 3 is 2.39 bits per heavy atom. The van der Waals surface area contributed by atoms with Crippen LogP contribution in [-0.2, 0) is 11.3 Å². The number of amides is 2. The van der Waals surface area contributed by atoms with Crippen molar-refractivity contribution < 1.29 is 9.59 Å². The van der Waals surface area contributed by atoms with Crippen LogP contribution in [0.1, 0.15) is 34.1 Å². The number of carbonyl (C=O) groups is 2. The maximum atomic E-state index is 12.5. The number of halogens is 1. The van der Waals surface area contributed by atoms with E-state index in [1.165, 1.54) is 6.92 Å². The molecule has 2 amide bonds. The highest BCUT2D eigenvalue weighted by Gasteiger charge is 2.13. The molecule has 0 atom stereocenters. The number of benzene rings is 3. The van der Waals surface area contributed by atoms with Gasteiger partial charge in [0.25, 0.3) is 5.91 Å². The van der Waals surface area contributed by atoms with E-state index in [1.807, 2.05) is 49.4 Å². The van der Waals surface area contributed by atoms with Crippen LogP contribution in [-0.4, -0.2) is 22.6 Å². The minimum Gasteiger partial charge on any atom is -0.340 e. The number of nitrogens with zero attached hydrogens (tertiary/aromatic N) is 2. The zero-order chi connectivity index (χ0) is 23.4. The first-order chi connectivity index (χ1) is 15.9. The molecule has 0 saturated carbocycles. The smallest absolute Gasteiger partial charge is 0.271 e. The summed E-state index contributed by atoms with van der Waals surface area (Å²) in [6.45, 7) is 4.17. The van der Waals surface area contributed by atoms with E-state index in [-0.39, 0.29) is 11.8 Å². The van der Waals surface area contributed by atoms with Gasteiger partial charge in [0, 0.05) is 51.9 Å². The third-order valence-corrected chi connectivity index (χ3v) is 5.61. The number of nitrogens with one attached hydrogen (secondary N) is 2. The van der Waals surface area contributed by atoms with Gasteiger partial charge in [-0.05, 0) is 55.0 Å². The van der Waals surface area contributed by atoms with Crippen molar-refractivity contribution in [2.75, 3.05) is 5.32 Å². The van der Waals surface area contributed by atoms with Gasteiger partial charge in [0.1, 0.15) is 0 Å². The van der Waals surface area contributed by atoms with E-state index in [2.05, 4.69) is 26.5 Å². The topological polar surface area (TPSA) is 75.5 Å². The van der Waals surface area contributed by atoms with Gasteiger partial charge in [-0.2, -0.15) is 5.10 Å². The minimum absolute atomic E-state index is 0.164. The van der Waals surface area contributed by atoms with Crippen LogP contribution in [0.5, 0.6) is 0 Å². The van der Waals surface area contributed by atoms with Gasteiger partial charge < -0.3 is 9.88 Å². The quantitative estimate of drug-likeness (QED) is 0.301. The van der Waals surface area contributed by atoms with Gasteiger partial charge in [0.15, 0.2) is 0 Å². The van der Waals surface area contributed by atoms with Crippen LogP contribution in [0, 0.1) is 6.92 Å². The van der Waals surface area contributed by atoms with Gasteiger partial charge >= 0.3 is 0 Å². The van der Waals surface area contributed by atoms with Gasteiger partial charge in [-0.15, -0.1) is 0 Å². The van der Waals surface area contributed by atoms with Gasteiger partial charge in [-0.1, -0.05) is 41.9 Å². The lowest BCUT2D eigenvalue weighted by atomic mass is 10.1. The molecule has 2 N–H and O–H groups in total. The molecule has 0 bridgehead atoms. The van der Waals surface area contributed by atoms with Gasteiger partial charge in [0.05, 0.1) is 6.21 Å². The van der Waals surface area contributed by atoms with E-state index >= 15 is 0 Å². The molecule has 4 rings (SSSR count). The van der Waals surface area contributed by atoms with Crippen LogP contribution < -0.4 is 10.7 Å². The highest BCUT2D eigenvalue weighted by atomic mass is 35.5. The zero-order valence-electron chi connectivity index (χ0n) is 18.3. The summed E-state index contributed by atoms with van der Waals surface area (Å²) in [4.78, 5) is 23.6. The van der Waals surface area contributed by atoms with E-state index < -0.39 is 0 Å². The van der Waals surface area contributed by atoms with E-state index in [4.69, 9.17) is 11.6 Å². The van der Waals surface area contributed by atoms with Gasteiger partial charge in [-0.3, -0.25) is 9.59 Å². The van der Waals surface area contributed by atoms with Crippen molar-refractivity contribution in [3.8, 4) is 0 Å². The Kier molecular flexibility index (Phi) is 6.56. The van der Waals surface area contributed by atoms with Crippen LogP contribution in [0.15, 0.2) is 77.9 Å². The second-order valence-corrected chi connectivity index (χ2v) is 8.12. The van der Waals surface area contributed by atoms with Crippen molar-refractivity contribution in [3.05, 3.63) is 100 Å². The Morgan fingerprint density at radius 1 is 1.00 bits per heavy atom. The number of rotatable bonds is 6. The Morgan fingerprint density at radius 2 is 1.70 bits per heavy atom. The van der Waals surface area contributed by atoms with Crippen LogP contribution in [0.3, 0.4) is 0 Å². The maximum absolute atomic E-state index is 12.5. The van der Waals surface area contributed by atoms with Gasteiger partial charge in [0.2, 0.25) is 5.91 Å². The fourth-order valence-electron chi connectivity index (χ4n) is 3.73. The lowest BCUT2D eigenvalue weighted by molar-refractivity contribution is -0.114. The van der Waals surface area contributed by atoms with E-state index in [1.54, 1.807) is 30.5 Å². The largest absolute Gasteiger partial charge is 0.340 e. The Bertz CT molecular complexity index is 1340. The summed E-state index contributed by atoms with van der Waals surface area (Å²) in [7, 11) is 0. The highest BCUT2D eigenvalue weighted by molar-refractivity contribution is 6.30. The summed E-state index contributed by atoms with van der Waals surface area (Å²) >= 11 is 6.02. The second-order valence-electron chi connectivity index (χ2n) is 7.69. The van der Waals surface area contributed by atoms with Crippen molar-refractivity contribution in [1.82, 2.24) is 9.99 Å². The minimum atomic E-state index is -0.330. The molecule has 0 spiro atoms. The average molecular weight is 459 g/mol. The molecule has 7 heteroatoms. The van der Waals surface area contributed by atoms with Crippen molar-refractivity contribution in [2.45, 2.75) is 20.4 Å². The number of fused-ring (bicyclic) bond motifs is 1. The number of anilines is 1. The fraction of sp³-hybridized carbons (Fsp3) is 0.115. The predicted molar refractivity (Wildman–Crippen MR) is 133 cm³/mol. The Balaban J connectivity index is 1.54. The fourth-order valence-corrected chi connectivity index (χ4v) is 3.85. The molecule has 0 saturated heterocycles. The molecule has 166 valence electrons. The van der Waals surface area contributed by atoms with Crippen LogP contribution in [0.4, 0.5) is 5.69 Å². The van der Waals surface area contributed by atoms with E-state index in [0.717, 1.165) is 27.7 Å². The highest BCUT2D eigenvalue weighted by Crippen LogP contribution is 2.26. The number of hydrogen-bond acceptors (Lipinski definition) is 3. The first kappa shape index (κ1) is 22.3. The molecule has 0 aliphatic rings. The summed E-state index contributed by atoms with van der Waals surface area (Å²) in [6, 6.07) is 22.5. The third kappa shape index (κ3) is 5.13. The molecule has 4 aromatic rings. The molecule has 33 heavy (non-hydrogen) atoms. The number of carbonyl (C=O) groups excluding carboxylic acids is 2. The molecule has 0 aliphatic carbocycles. The second kappa shape index (κ2) is 9.71. The maximum Gasteiger partial charge on any atom is 0.271 e.